The van der Waals surface area contributed by atoms with Crippen LogP contribution in [0.3, 0.4) is 0 Å². The van der Waals surface area contributed by atoms with Crippen molar-refractivity contribution >= 4 is 5.91 Å². The maximum Gasteiger partial charge on any atom is 0.222 e. The van der Waals surface area contributed by atoms with Crippen LogP contribution >= 0.6 is 0 Å². The molecule has 0 radical (unpaired) electrons. The first kappa shape index (κ1) is 16.9. The number of carbonyl (C=O) groups is 1. The van der Waals surface area contributed by atoms with E-state index in [1.807, 2.05) is 25.1 Å². The smallest absolute Gasteiger partial charge is 0.222 e. The number of likely N-dealkylation sites (tertiary alicyclic amines) is 1. The van der Waals surface area contributed by atoms with E-state index in [1.54, 1.807) is 0 Å². The first-order chi connectivity index (χ1) is 10.7. The van der Waals surface area contributed by atoms with Gasteiger partial charge in [0.05, 0.1) is 12.7 Å². The minimum Gasteiger partial charge on any atom is -0.392 e. The van der Waals surface area contributed by atoms with Crippen molar-refractivity contribution in [3.05, 3.63) is 35.9 Å². The number of hydrogen-bond acceptors (Lipinski definition) is 4. The number of nitrogens with one attached hydrogen (secondary N) is 1. The summed E-state index contributed by atoms with van der Waals surface area (Å²) in [5.74, 6) is 0.00880. The normalized spacial score (nSPS) is 21.9. The zero-order valence-corrected chi connectivity index (χ0v) is 13.2. The van der Waals surface area contributed by atoms with Crippen LogP contribution < -0.4 is 5.32 Å². The van der Waals surface area contributed by atoms with Crippen LogP contribution in [0.1, 0.15) is 25.3 Å². The van der Waals surface area contributed by atoms with Crippen molar-refractivity contribution in [1.29, 1.82) is 0 Å². The Hall–Kier alpha value is -1.43. The number of amides is 1. The predicted molar refractivity (Wildman–Crippen MR) is 85.4 cm³/mol. The van der Waals surface area contributed by atoms with Gasteiger partial charge in [-0.05, 0) is 18.9 Å². The third-order valence-electron chi connectivity index (χ3n) is 3.95. The molecule has 5 nitrogen and oxygen atoms in total. The molecule has 2 atom stereocenters. The summed E-state index contributed by atoms with van der Waals surface area (Å²) < 4.78 is 5.18. The maximum absolute atomic E-state index is 11.7. The number of nitrogens with zero attached hydrogens (tertiary/aromatic N) is 1. The van der Waals surface area contributed by atoms with Crippen molar-refractivity contribution < 1.29 is 14.6 Å². The summed E-state index contributed by atoms with van der Waals surface area (Å²) in [6, 6.07) is 10.4. The quantitative estimate of drug-likeness (QED) is 0.708. The molecule has 1 amide bonds. The Morgan fingerprint density at radius 2 is 2.18 bits per heavy atom. The fraction of sp³-hybridized carbons (Fsp3) is 0.588. The largest absolute Gasteiger partial charge is 0.392 e. The van der Waals surface area contributed by atoms with Gasteiger partial charge >= 0.3 is 0 Å². The number of ether oxygens (including phenoxy) is 1. The summed E-state index contributed by atoms with van der Waals surface area (Å²) in [6.45, 7) is 5.05. The van der Waals surface area contributed by atoms with Crippen LogP contribution in [0.4, 0.5) is 0 Å². The van der Waals surface area contributed by atoms with Gasteiger partial charge in [0.1, 0.15) is 0 Å². The Morgan fingerprint density at radius 3 is 2.91 bits per heavy atom. The van der Waals surface area contributed by atoms with E-state index in [0.29, 0.717) is 39.1 Å². The molecular formula is C17H26N2O3. The van der Waals surface area contributed by atoms with Crippen molar-refractivity contribution in [3.8, 4) is 0 Å². The Bertz CT molecular complexity index is 452. The van der Waals surface area contributed by atoms with Gasteiger partial charge in [0.2, 0.25) is 5.91 Å². The Morgan fingerprint density at radius 1 is 1.41 bits per heavy atom. The van der Waals surface area contributed by atoms with Crippen molar-refractivity contribution in [2.75, 3.05) is 26.3 Å². The molecule has 0 bridgehead atoms. The van der Waals surface area contributed by atoms with Gasteiger partial charge in [-0.3, -0.25) is 9.69 Å². The summed E-state index contributed by atoms with van der Waals surface area (Å²) in [6.07, 6.45) is 0.787. The van der Waals surface area contributed by atoms with E-state index >= 15 is 0 Å². The highest BCUT2D eigenvalue weighted by Gasteiger charge is 2.30. The van der Waals surface area contributed by atoms with Gasteiger partial charge in [-0.1, -0.05) is 30.3 Å². The number of hydrogen-bond donors (Lipinski definition) is 2. The lowest BCUT2D eigenvalue weighted by atomic mass is 10.1. The van der Waals surface area contributed by atoms with E-state index in [0.717, 1.165) is 6.54 Å². The Labute approximate surface area is 132 Å². The third kappa shape index (κ3) is 5.40. The Balaban J connectivity index is 1.79. The lowest BCUT2D eigenvalue weighted by Crippen LogP contribution is -2.40. The van der Waals surface area contributed by atoms with Gasteiger partial charge in [0.15, 0.2) is 0 Å². The lowest BCUT2D eigenvalue weighted by Gasteiger charge is -2.24. The van der Waals surface area contributed by atoms with Gasteiger partial charge in [0.25, 0.3) is 0 Å². The molecule has 0 aliphatic carbocycles. The van der Waals surface area contributed by atoms with Crippen molar-refractivity contribution in [2.24, 2.45) is 0 Å². The van der Waals surface area contributed by atoms with Gasteiger partial charge < -0.3 is 15.2 Å². The van der Waals surface area contributed by atoms with Crippen LogP contribution in [0.2, 0.25) is 0 Å². The molecule has 2 rings (SSSR count). The lowest BCUT2D eigenvalue weighted by molar-refractivity contribution is -0.122. The SMILES string of the molecule is CCOCCC(=O)NCC1CC(O)CN1Cc1ccccc1. The molecule has 2 N–H and O–H groups in total. The third-order valence-corrected chi connectivity index (χ3v) is 3.95. The second-order valence-corrected chi connectivity index (χ2v) is 5.71. The van der Waals surface area contributed by atoms with E-state index in [-0.39, 0.29) is 18.1 Å². The summed E-state index contributed by atoms with van der Waals surface area (Å²) in [4.78, 5) is 14.0. The highest BCUT2D eigenvalue weighted by molar-refractivity contribution is 5.75. The molecule has 1 saturated heterocycles. The zero-order valence-electron chi connectivity index (χ0n) is 13.2. The second kappa shape index (κ2) is 8.88. The topological polar surface area (TPSA) is 61.8 Å². The molecule has 5 heteroatoms. The molecule has 122 valence electrons. The zero-order chi connectivity index (χ0) is 15.8. The molecule has 1 aromatic carbocycles. The van der Waals surface area contributed by atoms with Gasteiger partial charge in [-0.2, -0.15) is 0 Å². The molecule has 22 heavy (non-hydrogen) atoms. The van der Waals surface area contributed by atoms with Gasteiger partial charge in [-0.25, -0.2) is 0 Å². The number of carbonyl (C=O) groups excluding carboxylic acids is 1. The van der Waals surface area contributed by atoms with E-state index in [2.05, 4.69) is 22.3 Å². The van der Waals surface area contributed by atoms with E-state index in [4.69, 9.17) is 4.74 Å². The predicted octanol–water partition coefficient (Wildman–Crippen LogP) is 1.16. The average molecular weight is 306 g/mol. The van der Waals surface area contributed by atoms with E-state index in [1.165, 1.54) is 5.56 Å². The standard InChI is InChI=1S/C17H26N2O3/c1-2-22-9-8-17(21)18-11-15-10-16(20)13-19(15)12-14-6-4-3-5-7-14/h3-7,15-16,20H,2,8-13H2,1H3,(H,18,21). The number of aliphatic hydroxyl groups excluding tert-OH is 1. The van der Waals surface area contributed by atoms with Gasteiger partial charge in [0, 0.05) is 38.7 Å². The van der Waals surface area contributed by atoms with Gasteiger partial charge in [-0.15, -0.1) is 0 Å². The second-order valence-electron chi connectivity index (χ2n) is 5.71. The first-order valence-electron chi connectivity index (χ1n) is 7.99. The molecule has 1 aromatic rings. The highest BCUT2D eigenvalue weighted by atomic mass is 16.5. The fourth-order valence-electron chi connectivity index (χ4n) is 2.81. The van der Waals surface area contributed by atoms with E-state index in [9.17, 15) is 9.90 Å². The maximum atomic E-state index is 11.7. The first-order valence-corrected chi connectivity index (χ1v) is 7.99. The van der Waals surface area contributed by atoms with Crippen LogP contribution in [0, 0.1) is 0 Å². The highest BCUT2D eigenvalue weighted by Crippen LogP contribution is 2.20. The Kier molecular flexibility index (Phi) is 6.83. The summed E-state index contributed by atoms with van der Waals surface area (Å²) >= 11 is 0. The van der Waals surface area contributed by atoms with Crippen LogP contribution in [-0.2, 0) is 16.1 Å². The average Bonchev–Trinajstić information content (AvgIpc) is 2.86. The fourth-order valence-corrected chi connectivity index (χ4v) is 2.81. The van der Waals surface area contributed by atoms with Crippen LogP contribution in [-0.4, -0.2) is 54.4 Å². The van der Waals surface area contributed by atoms with E-state index < -0.39 is 0 Å². The monoisotopic (exact) mass is 306 g/mol. The van der Waals surface area contributed by atoms with Crippen LogP contribution in [0.15, 0.2) is 30.3 Å². The molecule has 0 aromatic heterocycles. The van der Waals surface area contributed by atoms with Crippen LogP contribution in [0.5, 0.6) is 0 Å². The summed E-state index contributed by atoms with van der Waals surface area (Å²) in [7, 11) is 0. The minimum atomic E-state index is -0.311. The molecule has 2 unspecified atom stereocenters. The van der Waals surface area contributed by atoms with Crippen molar-refractivity contribution in [2.45, 2.75) is 38.5 Å². The van der Waals surface area contributed by atoms with Crippen molar-refractivity contribution in [3.63, 3.8) is 0 Å². The molecule has 1 aliphatic rings. The van der Waals surface area contributed by atoms with Crippen LogP contribution in [0.25, 0.3) is 0 Å². The number of rotatable bonds is 8. The summed E-state index contributed by atoms with van der Waals surface area (Å²) in [5.41, 5.74) is 1.23. The minimum absolute atomic E-state index is 0.00880. The molecule has 1 heterocycles. The molecule has 0 spiro atoms. The number of aliphatic hydroxyl groups is 1. The number of benzene rings is 1. The van der Waals surface area contributed by atoms with Crippen molar-refractivity contribution in [1.82, 2.24) is 10.2 Å². The molecule has 1 fully saturated rings. The number of β-amino-alcohol motifs (C(OH)–C–C–N with tert-alkyl or cyclic N) is 1. The molecule has 0 saturated carbocycles. The molecular weight excluding hydrogens is 280 g/mol. The summed E-state index contributed by atoms with van der Waals surface area (Å²) in [5, 5.41) is 12.9. The molecule has 1 aliphatic heterocycles.